The topological polar surface area (TPSA) is 81.5 Å². The normalized spacial score (nSPS) is 13.6. The molecule has 35 heavy (non-hydrogen) atoms. The molecule has 4 aromatic rings. The van der Waals surface area contributed by atoms with Gasteiger partial charge in [0.15, 0.2) is 5.60 Å². The Morgan fingerprint density at radius 3 is 2.00 bits per heavy atom. The fourth-order valence-corrected chi connectivity index (χ4v) is 4.03. The van der Waals surface area contributed by atoms with Crippen LogP contribution in [0.3, 0.4) is 0 Å². The van der Waals surface area contributed by atoms with Crippen molar-refractivity contribution < 1.29 is 23.8 Å². The average Bonchev–Trinajstić information content (AvgIpc) is 2.85. The van der Waals surface area contributed by atoms with Crippen LogP contribution in [-0.2, 0) is 21.7 Å². The summed E-state index contributed by atoms with van der Waals surface area (Å²) in [5.74, 6) is -1.74. The quantitative estimate of drug-likeness (QED) is 0.360. The minimum Gasteiger partial charge on any atom is -0.478 e. The number of carbonyl (C=O) groups is 1. The lowest BCUT2D eigenvalue weighted by Gasteiger charge is -2.39. The van der Waals surface area contributed by atoms with E-state index < -0.39 is 23.5 Å². The first kappa shape index (κ1) is 24.0. The van der Waals surface area contributed by atoms with Gasteiger partial charge in [0.1, 0.15) is 5.82 Å². The average molecular weight is 473 g/mol. The second-order valence-corrected chi connectivity index (χ2v) is 8.15. The van der Waals surface area contributed by atoms with E-state index in [4.69, 9.17) is 9.47 Å². The largest absolute Gasteiger partial charge is 0.478 e. The zero-order chi connectivity index (χ0) is 24.8. The molecule has 0 fully saturated rings. The maximum atomic E-state index is 13.9. The van der Waals surface area contributed by atoms with E-state index in [1.54, 1.807) is 44.2 Å². The predicted octanol–water partition coefficient (Wildman–Crippen LogP) is 5.23. The molecule has 1 N–H and O–H groups in total. The summed E-state index contributed by atoms with van der Waals surface area (Å²) in [6, 6.07) is 25.5. The number of rotatable bonds is 9. The molecule has 2 atom stereocenters. The van der Waals surface area contributed by atoms with Crippen molar-refractivity contribution >= 4 is 5.97 Å². The van der Waals surface area contributed by atoms with E-state index in [0.29, 0.717) is 22.5 Å². The van der Waals surface area contributed by atoms with Crippen molar-refractivity contribution in [3.63, 3.8) is 0 Å². The van der Waals surface area contributed by atoms with Crippen LogP contribution in [0.5, 0.6) is 6.01 Å². The van der Waals surface area contributed by atoms with Crippen LogP contribution in [0.15, 0.2) is 91.0 Å². The van der Waals surface area contributed by atoms with Crippen LogP contribution in [0.2, 0.25) is 0 Å². The third kappa shape index (κ3) is 5.36. The number of nitrogens with zero attached hydrogens (tertiary/aromatic N) is 2. The van der Waals surface area contributed by atoms with Gasteiger partial charge in [0.05, 0.1) is 6.61 Å². The van der Waals surface area contributed by atoms with Gasteiger partial charge in [0.2, 0.25) is 6.10 Å². The SMILES string of the molecule is Cc1cc(C)nc(O[C@H](C(=O)O)[C@@](OCc2ccccc2)(c2ccccc2)c2ccc(F)cc2)n1. The van der Waals surface area contributed by atoms with Crippen LogP contribution in [-0.4, -0.2) is 27.1 Å². The molecule has 0 unspecified atom stereocenters. The Kier molecular flexibility index (Phi) is 7.17. The van der Waals surface area contributed by atoms with Gasteiger partial charge in [-0.1, -0.05) is 72.8 Å². The number of hydrogen-bond acceptors (Lipinski definition) is 5. The van der Waals surface area contributed by atoms with E-state index in [-0.39, 0.29) is 12.6 Å². The predicted molar refractivity (Wildman–Crippen MR) is 128 cm³/mol. The molecular weight excluding hydrogens is 447 g/mol. The molecule has 4 rings (SSSR count). The molecule has 0 saturated carbocycles. The molecule has 178 valence electrons. The molecule has 3 aromatic carbocycles. The van der Waals surface area contributed by atoms with Crippen molar-refractivity contribution in [2.75, 3.05) is 0 Å². The number of hydrogen-bond donors (Lipinski definition) is 1. The highest BCUT2D eigenvalue weighted by atomic mass is 19.1. The van der Waals surface area contributed by atoms with E-state index >= 15 is 0 Å². The summed E-state index contributed by atoms with van der Waals surface area (Å²) in [5.41, 5.74) is 1.39. The molecule has 0 spiro atoms. The first-order valence-corrected chi connectivity index (χ1v) is 11.1. The fraction of sp³-hybridized carbons (Fsp3) is 0.179. The molecule has 0 aliphatic heterocycles. The molecule has 6 nitrogen and oxygen atoms in total. The fourth-order valence-electron chi connectivity index (χ4n) is 4.03. The number of aryl methyl sites for hydroxylation is 2. The number of halogens is 1. The highest BCUT2D eigenvalue weighted by molar-refractivity contribution is 5.76. The smallest absolute Gasteiger partial charge is 0.348 e. The van der Waals surface area contributed by atoms with Crippen molar-refractivity contribution in [2.45, 2.75) is 32.2 Å². The maximum absolute atomic E-state index is 13.9. The monoisotopic (exact) mass is 472 g/mol. The van der Waals surface area contributed by atoms with E-state index in [1.165, 1.54) is 24.3 Å². The van der Waals surface area contributed by atoms with Crippen LogP contribution < -0.4 is 4.74 Å². The molecule has 1 heterocycles. The van der Waals surface area contributed by atoms with Crippen molar-refractivity contribution in [1.29, 1.82) is 0 Å². The second-order valence-electron chi connectivity index (χ2n) is 8.15. The Morgan fingerprint density at radius 2 is 1.43 bits per heavy atom. The van der Waals surface area contributed by atoms with Crippen LogP contribution in [0.4, 0.5) is 4.39 Å². The van der Waals surface area contributed by atoms with Crippen LogP contribution in [0.1, 0.15) is 28.1 Å². The highest BCUT2D eigenvalue weighted by Gasteiger charge is 2.50. The lowest BCUT2D eigenvalue weighted by Crippen LogP contribution is -2.51. The summed E-state index contributed by atoms with van der Waals surface area (Å²) in [4.78, 5) is 21.4. The minimum absolute atomic E-state index is 0.0773. The van der Waals surface area contributed by atoms with Gasteiger partial charge in [-0.05, 0) is 48.7 Å². The second kappa shape index (κ2) is 10.4. The molecular formula is C28H25FN2O4. The summed E-state index contributed by atoms with van der Waals surface area (Å²) in [5, 5.41) is 10.4. The standard InChI is InChI=1S/C28H25FN2O4/c1-19-17-20(2)31-27(30-19)35-25(26(32)33)28(22-11-7-4-8-12-22,23-13-15-24(29)16-14-23)34-18-21-9-5-3-6-10-21/h3-17,25H,18H2,1-2H3,(H,32,33)/t25-,28-/m1/s1. The van der Waals surface area contributed by atoms with Crippen LogP contribution in [0.25, 0.3) is 0 Å². The van der Waals surface area contributed by atoms with Crippen molar-refractivity contribution in [3.8, 4) is 6.01 Å². The lowest BCUT2D eigenvalue weighted by molar-refractivity contribution is -0.166. The zero-order valence-electron chi connectivity index (χ0n) is 19.4. The Balaban J connectivity index is 1.91. The maximum Gasteiger partial charge on any atom is 0.348 e. The summed E-state index contributed by atoms with van der Waals surface area (Å²) >= 11 is 0. The van der Waals surface area contributed by atoms with E-state index in [9.17, 15) is 14.3 Å². The van der Waals surface area contributed by atoms with Gasteiger partial charge in [-0.15, -0.1) is 0 Å². The van der Waals surface area contributed by atoms with Gasteiger partial charge in [-0.25, -0.2) is 19.2 Å². The first-order valence-electron chi connectivity index (χ1n) is 11.1. The summed E-state index contributed by atoms with van der Waals surface area (Å²) < 4.78 is 26.4. The Hall–Kier alpha value is -4.10. The molecule has 0 amide bonds. The minimum atomic E-state index is -1.66. The van der Waals surface area contributed by atoms with Crippen LogP contribution in [0, 0.1) is 19.7 Å². The number of carboxylic acids is 1. The number of carboxylic acid groups (broad SMARTS) is 1. The summed E-state index contributed by atoms with van der Waals surface area (Å²) in [6.07, 6.45) is -1.60. The lowest BCUT2D eigenvalue weighted by atomic mass is 9.81. The molecule has 0 bridgehead atoms. The van der Waals surface area contributed by atoms with Gasteiger partial charge < -0.3 is 14.6 Å². The molecule has 0 aliphatic rings. The highest BCUT2D eigenvalue weighted by Crippen LogP contribution is 2.40. The number of benzene rings is 3. The van der Waals surface area contributed by atoms with Gasteiger partial charge in [-0.3, -0.25) is 0 Å². The van der Waals surface area contributed by atoms with Gasteiger partial charge in [-0.2, -0.15) is 0 Å². The first-order chi connectivity index (χ1) is 16.9. The zero-order valence-corrected chi connectivity index (χ0v) is 19.4. The number of aromatic nitrogens is 2. The van der Waals surface area contributed by atoms with Crippen molar-refractivity contribution in [2.24, 2.45) is 0 Å². The molecule has 7 heteroatoms. The van der Waals surface area contributed by atoms with Crippen molar-refractivity contribution in [3.05, 3.63) is 125 Å². The van der Waals surface area contributed by atoms with Gasteiger partial charge in [0.25, 0.3) is 0 Å². The van der Waals surface area contributed by atoms with Crippen LogP contribution >= 0.6 is 0 Å². The van der Waals surface area contributed by atoms with Gasteiger partial charge >= 0.3 is 12.0 Å². The van der Waals surface area contributed by atoms with E-state index in [1.807, 2.05) is 36.4 Å². The molecule has 0 aliphatic carbocycles. The molecule has 1 aromatic heterocycles. The van der Waals surface area contributed by atoms with Gasteiger partial charge in [0, 0.05) is 11.4 Å². The number of ether oxygens (including phenoxy) is 2. The summed E-state index contributed by atoms with van der Waals surface area (Å²) in [7, 11) is 0. The third-order valence-corrected chi connectivity index (χ3v) is 5.56. The Morgan fingerprint density at radius 1 is 0.886 bits per heavy atom. The van der Waals surface area contributed by atoms with E-state index in [2.05, 4.69) is 9.97 Å². The summed E-state index contributed by atoms with van der Waals surface area (Å²) in [6.45, 7) is 3.62. The van der Waals surface area contributed by atoms with Crippen molar-refractivity contribution in [1.82, 2.24) is 9.97 Å². The van der Waals surface area contributed by atoms with E-state index in [0.717, 1.165) is 5.56 Å². The molecule has 0 saturated heterocycles. The Bertz CT molecular complexity index is 1260. The third-order valence-electron chi connectivity index (χ3n) is 5.56. The Labute approximate surface area is 203 Å². The number of aliphatic carboxylic acids is 1. The molecule has 0 radical (unpaired) electrons.